The lowest BCUT2D eigenvalue weighted by atomic mass is 10.4. The van der Waals surface area contributed by atoms with Gasteiger partial charge in [0.15, 0.2) is 9.84 Å². The van der Waals surface area contributed by atoms with E-state index in [9.17, 15) is 8.42 Å². The van der Waals surface area contributed by atoms with Gasteiger partial charge in [-0.15, -0.1) is 0 Å². The van der Waals surface area contributed by atoms with Crippen molar-refractivity contribution in [2.45, 2.75) is 11.3 Å². The van der Waals surface area contributed by atoms with Crippen LogP contribution in [0.4, 0.5) is 11.6 Å². The van der Waals surface area contributed by atoms with Crippen molar-refractivity contribution in [1.29, 1.82) is 0 Å². The molecule has 1 aromatic heterocycles. The van der Waals surface area contributed by atoms with E-state index in [4.69, 9.17) is 0 Å². The zero-order valence-electron chi connectivity index (χ0n) is 14.0. The van der Waals surface area contributed by atoms with E-state index in [0.29, 0.717) is 17.9 Å². The molecule has 0 aliphatic carbocycles. The zero-order valence-corrected chi connectivity index (χ0v) is 15.6. The predicted octanol–water partition coefficient (Wildman–Crippen LogP) is 2.31. The summed E-state index contributed by atoms with van der Waals surface area (Å²) < 4.78 is 24.5. The highest BCUT2D eigenvalue weighted by molar-refractivity contribution is 7.99. The Hall–Kier alpha value is -1.80. The van der Waals surface area contributed by atoms with Gasteiger partial charge in [0.25, 0.3) is 0 Å². The number of aromatic nitrogens is 2. The first kappa shape index (κ1) is 18.0. The molecule has 0 radical (unpaired) electrons. The Morgan fingerprint density at radius 2 is 1.88 bits per heavy atom. The van der Waals surface area contributed by atoms with E-state index in [2.05, 4.69) is 20.2 Å². The highest BCUT2D eigenvalue weighted by Gasteiger charge is 2.14. The van der Waals surface area contributed by atoms with Gasteiger partial charge in [0.1, 0.15) is 18.0 Å². The number of thioether (sulfide) groups is 1. The molecular formula is C17H22N4O2S2. The van der Waals surface area contributed by atoms with E-state index in [1.807, 2.05) is 23.9 Å². The first-order valence-electron chi connectivity index (χ1n) is 8.31. The number of rotatable bonds is 7. The Bertz CT molecular complexity index is 778. The second-order valence-corrected chi connectivity index (χ2v) is 9.11. The van der Waals surface area contributed by atoms with E-state index in [-0.39, 0.29) is 5.75 Å². The largest absolute Gasteiger partial charge is 0.370 e. The van der Waals surface area contributed by atoms with Gasteiger partial charge in [0.05, 0.1) is 10.6 Å². The van der Waals surface area contributed by atoms with Gasteiger partial charge >= 0.3 is 0 Å². The summed E-state index contributed by atoms with van der Waals surface area (Å²) in [4.78, 5) is 11.2. The first-order valence-corrected chi connectivity index (χ1v) is 11.1. The van der Waals surface area contributed by atoms with Crippen molar-refractivity contribution in [2.75, 3.05) is 47.1 Å². The molecule has 1 fully saturated rings. The Labute approximate surface area is 153 Å². The van der Waals surface area contributed by atoms with Crippen molar-refractivity contribution in [3.8, 4) is 0 Å². The Kier molecular flexibility index (Phi) is 6.14. The summed E-state index contributed by atoms with van der Waals surface area (Å²) in [6.07, 6.45) is 2.08. The van der Waals surface area contributed by atoms with Crippen LogP contribution >= 0.6 is 11.8 Å². The minimum absolute atomic E-state index is 0.116. The fourth-order valence-corrected chi connectivity index (χ4v) is 4.87. The number of hydrogen-bond acceptors (Lipinski definition) is 7. The molecule has 1 saturated heterocycles. The smallest absolute Gasteiger partial charge is 0.178 e. The minimum Gasteiger partial charge on any atom is -0.370 e. The maximum atomic E-state index is 12.2. The van der Waals surface area contributed by atoms with Crippen molar-refractivity contribution in [1.82, 2.24) is 9.97 Å². The summed E-state index contributed by atoms with van der Waals surface area (Å²) in [5, 5.41) is 3.20. The van der Waals surface area contributed by atoms with E-state index >= 15 is 0 Å². The molecule has 0 atom stereocenters. The summed E-state index contributed by atoms with van der Waals surface area (Å²) in [7, 11) is -3.22. The third kappa shape index (κ3) is 5.09. The van der Waals surface area contributed by atoms with Crippen LogP contribution in [-0.2, 0) is 9.84 Å². The Morgan fingerprint density at radius 1 is 1.12 bits per heavy atom. The summed E-state index contributed by atoms with van der Waals surface area (Å²) in [6, 6.07) is 10.5. The fraction of sp³-hybridized carbons (Fsp3) is 0.412. The monoisotopic (exact) mass is 378 g/mol. The molecule has 134 valence electrons. The lowest BCUT2D eigenvalue weighted by Gasteiger charge is -2.27. The first-order chi connectivity index (χ1) is 12.1. The molecule has 0 unspecified atom stereocenters. The van der Waals surface area contributed by atoms with Crippen molar-refractivity contribution >= 4 is 33.2 Å². The molecule has 0 bridgehead atoms. The van der Waals surface area contributed by atoms with Crippen LogP contribution in [0.3, 0.4) is 0 Å². The zero-order chi connectivity index (χ0) is 17.5. The van der Waals surface area contributed by atoms with Crippen LogP contribution in [0.5, 0.6) is 0 Å². The van der Waals surface area contributed by atoms with Crippen LogP contribution in [0, 0.1) is 0 Å². The minimum atomic E-state index is -3.22. The second kappa shape index (κ2) is 8.53. The summed E-state index contributed by atoms with van der Waals surface area (Å²) >= 11 is 1.96. The average Bonchev–Trinajstić information content (AvgIpc) is 2.67. The van der Waals surface area contributed by atoms with Gasteiger partial charge in [-0.05, 0) is 18.6 Å². The van der Waals surface area contributed by atoms with Gasteiger partial charge < -0.3 is 10.2 Å². The van der Waals surface area contributed by atoms with Gasteiger partial charge in [-0.25, -0.2) is 18.4 Å². The molecule has 1 aliphatic heterocycles. The topological polar surface area (TPSA) is 75.2 Å². The van der Waals surface area contributed by atoms with E-state index in [1.54, 1.807) is 30.6 Å². The molecule has 2 aromatic rings. The van der Waals surface area contributed by atoms with Gasteiger partial charge in [-0.2, -0.15) is 11.8 Å². The third-order valence-corrected chi connectivity index (χ3v) is 6.75. The SMILES string of the molecule is O=S(=O)(CCCNc1cc(N2CCSCC2)ncn1)c1ccccc1. The van der Waals surface area contributed by atoms with Gasteiger partial charge in [-0.1, -0.05) is 18.2 Å². The number of hydrogen-bond donors (Lipinski definition) is 1. The molecule has 1 aromatic carbocycles. The molecule has 0 saturated carbocycles. The molecule has 0 spiro atoms. The van der Waals surface area contributed by atoms with Crippen LogP contribution in [-0.4, -0.2) is 55.3 Å². The van der Waals surface area contributed by atoms with Crippen molar-refractivity contribution < 1.29 is 8.42 Å². The van der Waals surface area contributed by atoms with Crippen LogP contribution in [0.25, 0.3) is 0 Å². The predicted molar refractivity (Wildman–Crippen MR) is 103 cm³/mol. The fourth-order valence-electron chi connectivity index (χ4n) is 2.63. The summed E-state index contributed by atoms with van der Waals surface area (Å²) in [5.41, 5.74) is 0. The van der Waals surface area contributed by atoms with Crippen LogP contribution < -0.4 is 10.2 Å². The van der Waals surface area contributed by atoms with Crippen LogP contribution in [0.2, 0.25) is 0 Å². The van der Waals surface area contributed by atoms with Gasteiger partial charge in [-0.3, -0.25) is 0 Å². The lowest BCUT2D eigenvalue weighted by molar-refractivity contribution is 0.594. The molecule has 0 amide bonds. The summed E-state index contributed by atoms with van der Waals surface area (Å²) in [6.45, 7) is 2.55. The summed E-state index contributed by atoms with van der Waals surface area (Å²) in [5.74, 6) is 4.01. The molecule has 3 rings (SSSR count). The van der Waals surface area contributed by atoms with Crippen molar-refractivity contribution in [2.24, 2.45) is 0 Å². The van der Waals surface area contributed by atoms with E-state index in [0.717, 1.165) is 36.2 Å². The van der Waals surface area contributed by atoms with Crippen molar-refractivity contribution in [3.63, 3.8) is 0 Å². The lowest BCUT2D eigenvalue weighted by Crippen LogP contribution is -2.33. The molecule has 6 nitrogen and oxygen atoms in total. The van der Waals surface area contributed by atoms with Crippen molar-refractivity contribution in [3.05, 3.63) is 42.7 Å². The van der Waals surface area contributed by atoms with E-state index < -0.39 is 9.84 Å². The normalized spacial score (nSPS) is 15.1. The maximum absolute atomic E-state index is 12.2. The standard InChI is InChI=1S/C17H22N4O2S2/c22-25(23,15-5-2-1-3-6-15)12-4-7-18-16-13-17(20-14-19-16)21-8-10-24-11-9-21/h1-3,5-6,13-14H,4,7-12H2,(H,18,19,20). The second-order valence-electron chi connectivity index (χ2n) is 5.77. The Morgan fingerprint density at radius 3 is 2.64 bits per heavy atom. The van der Waals surface area contributed by atoms with Crippen LogP contribution in [0.15, 0.2) is 47.6 Å². The Balaban J connectivity index is 1.51. The number of nitrogens with zero attached hydrogens (tertiary/aromatic N) is 3. The molecule has 2 heterocycles. The van der Waals surface area contributed by atoms with Gasteiger partial charge in [0, 0.05) is 37.2 Å². The molecule has 8 heteroatoms. The van der Waals surface area contributed by atoms with Gasteiger partial charge in [0.2, 0.25) is 0 Å². The quantitative estimate of drug-likeness (QED) is 0.741. The third-order valence-electron chi connectivity index (χ3n) is 3.99. The van der Waals surface area contributed by atoms with Crippen LogP contribution in [0.1, 0.15) is 6.42 Å². The molecule has 1 aliphatic rings. The highest BCUT2D eigenvalue weighted by Crippen LogP contribution is 2.19. The molecular weight excluding hydrogens is 356 g/mol. The van der Waals surface area contributed by atoms with E-state index in [1.165, 1.54) is 0 Å². The number of nitrogens with one attached hydrogen (secondary N) is 1. The number of benzene rings is 1. The molecule has 25 heavy (non-hydrogen) atoms. The molecule has 1 N–H and O–H groups in total. The average molecular weight is 379 g/mol. The maximum Gasteiger partial charge on any atom is 0.178 e. The number of sulfone groups is 1. The highest BCUT2D eigenvalue weighted by atomic mass is 32.2. The number of anilines is 2.